The molecule has 0 aromatic carbocycles. The number of nitrogens with zero attached hydrogens (tertiary/aromatic N) is 3. The van der Waals surface area contributed by atoms with Crippen LogP contribution in [0.3, 0.4) is 0 Å². The van der Waals surface area contributed by atoms with Crippen molar-refractivity contribution in [3.8, 4) is 0 Å². The molecule has 2 amide bonds. The van der Waals surface area contributed by atoms with Crippen molar-refractivity contribution in [3.63, 3.8) is 0 Å². The fraction of sp³-hybridized carbons (Fsp3) is 0.385. The number of thiazole rings is 2. The number of hydrogen-bond donors (Lipinski definition) is 3. The Hall–Kier alpha value is -2.04. The van der Waals surface area contributed by atoms with Gasteiger partial charge in [0.2, 0.25) is 11.8 Å². The number of aliphatic hydroxyl groups excluding tert-OH is 1. The van der Waals surface area contributed by atoms with Gasteiger partial charge in [-0.3, -0.25) is 9.59 Å². The average Bonchev–Trinajstić information content (AvgIpc) is 3.08. The Kier molecular flexibility index (Phi) is 6.02. The van der Waals surface area contributed by atoms with Crippen LogP contribution in [0.15, 0.2) is 11.6 Å². The second-order valence-electron chi connectivity index (χ2n) is 4.70. The number of carbonyl (C=O) groups excluding carboxylic acids is 2. The van der Waals surface area contributed by atoms with Crippen LogP contribution in [0.5, 0.6) is 0 Å². The second kappa shape index (κ2) is 7.99. The summed E-state index contributed by atoms with van der Waals surface area (Å²) in [6, 6.07) is 0. The maximum absolute atomic E-state index is 12.0. The summed E-state index contributed by atoms with van der Waals surface area (Å²) in [6.07, 6.45) is 1.76. The fourth-order valence-corrected chi connectivity index (χ4v) is 3.26. The summed E-state index contributed by atoms with van der Waals surface area (Å²) in [6.45, 7) is 1.96. The van der Waals surface area contributed by atoms with Crippen molar-refractivity contribution in [1.29, 1.82) is 0 Å². The summed E-state index contributed by atoms with van der Waals surface area (Å²) in [5.74, 6) is -0.423. The maximum atomic E-state index is 12.0. The number of rotatable bonds is 7. The fourth-order valence-electron chi connectivity index (χ4n) is 1.68. The molecule has 0 aliphatic carbocycles. The third-order valence-electron chi connectivity index (χ3n) is 2.73. The van der Waals surface area contributed by atoms with E-state index >= 15 is 0 Å². The number of amides is 2. The quantitative estimate of drug-likeness (QED) is 0.688. The molecule has 2 aromatic heterocycles. The first-order valence-electron chi connectivity index (χ1n) is 6.77. The van der Waals surface area contributed by atoms with Crippen LogP contribution in [0.4, 0.5) is 15.3 Å². The van der Waals surface area contributed by atoms with Gasteiger partial charge in [0, 0.05) is 25.9 Å². The van der Waals surface area contributed by atoms with E-state index in [0.717, 1.165) is 5.00 Å². The van der Waals surface area contributed by atoms with Gasteiger partial charge < -0.3 is 20.6 Å². The van der Waals surface area contributed by atoms with Crippen LogP contribution >= 0.6 is 22.7 Å². The highest BCUT2D eigenvalue weighted by Gasteiger charge is 2.12. The van der Waals surface area contributed by atoms with Crippen LogP contribution < -0.4 is 15.5 Å². The molecule has 2 heterocycles. The van der Waals surface area contributed by atoms with Crippen molar-refractivity contribution < 1.29 is 14.7 Å². The van der Waals surface area contributed by atoms with E-state index in [1.807, 2.05) is 11.9 Å². The lowest BCUT2D eigenvalue weighted by molar-refractivity contribution is -0.116. The molecule has 0 spiro atoms. The van der Waals surface area contributed by atoms with Crippen molar-refractivity contribution in [2.45, 2.75) is 13.3 Å². The van der Waals surface area contributed by atoms with E-state index < -0.39 is 0 Å². The molecular formula is C13H17N5O3S2. The Bertz CT molecular complexity index is 685. The van der Waals surface area contributed by atoms with Crippen molar-refractivity contribution in [3.05, 3.63) is 17.3 Å². The number of hydrogen-bond acceptors (Lipinski definition) is 8. The van der Waals surface area contributed by atoms with E-state index in [4.69, 9.17) is 5.11 Å². The highest BCUT2D eigenvalue weighted by molar-refractivity contribution is 7.19. The van der Waals surface area contributed by atoms with Crippen molar-refractivity contribution in [2.24, 2.45) is 0 Å². The Balaban J connectivity index is 1.89. The van der Waals surface area contributed by atoms with Gasteiger partial charge in [-0.2, -0.15) is 0 Å². The van der Waals surface area contributed by atoms with Crippen LogP contribution in [-0.2, 0) is 16.0 Å². The van der Waals surface area contributed by atoms with Gasteiger partial charge in [0.1, 0.15) is 5.00 Å². The summed E-state index contributed by atoms with van der Waals surface area (Å²) in [4.78, 5) is 33.1. The zero-order valence-electron chi connectivity index (χ0n) is 12.7. The Morgan fingerprint density at radius 1 is 1.35 bits per heavy atom. The van der Waals surface area contributed by atoms with Gasteiger partial charge in [-0.15, -0.1) is 11.3 Å². The van der Waals surface area contributed by atoms with E-state index in [0.29, 0.717) is 22.5 Å². The smallest absolute Gasteiger partial charge is 0.232 e. The lowest BCUT2D eigenvalue weighted by Gasteiger charge is -2.13. The topological polar surface area (TPSA) is 107 Å². The number of aliphatic hydroxyl groups is 1. The van der Waals surface area contributed by atoms with Crippen LogP contribution in [-0.4, -0.2) is 47.1 Å². The molecule has 0 unspecified atom stereocenters. The molecule has 0 aliphatic rings. The molecule has 0 aliphatic heterocycles. The highest BCUT2D eigenvalue weighted by atomic mass is 32.1. The zero-order chi connectivity index (χ0) is 16.8. The average molecular weight is 355 g/mol. The molecule has 2 aromatic rings. The molecule has 0 atom stereocenters. The van der Waals surface area contributed by atoms with Crippen LogP contribution in [0.25, 0.3) is 0 Å². The molecule has 124 valence electrons. The minimum absolute atomic E-state index is 0.0521. The maximum Gasteiger partial charge on any atom is 0.232 e. The SMILES string of the molecule is CC(=O)Nc1nc(CC(=O)Nc2ncc(N(C)CCO)s2)cs1. The van der Waals surface area contributed by atoms with E-state index in [-0.39, 0.29) is 24.8 Å². The second-order valence-corrected chi connectivity index (χ2v) is 6.57. The minimum Gasteiger partial charge on any atom is -0.395 e. The lowest BCUT2D eigenvalue weighted by atomic mass is 10.3. The Labute approximate surface area is 141 Å². The van der Waals surface area contributed by atoms with E-state index in [1.54, 1.807) is 11.6 Å². The van der Waals surface area contributed by atoms with Gasteiger partial charge in [-0.1, -0.05) is 11.3 Å². The van der Waals surface area contributed by atoms with Crippen LogP contribution in [0, 0.1) is 0 Å². The Morgan fingerprint density at radius 3 is 2.83 bits per heavy atom. The van der Waals surface area contributed by atoms with Gasteiger partial charge in [0.15, 0.2) is 10.3 Å². The molecule has 0 fully saturated rings. The normalized spacial score (nSPS) is 10.4. The van der Waals surface area contributed by atoms with E-state index in [1.165, 1.54) is 29.6 Å². The molecule has 0 saturated carbocycles. The van der Waals surface area contributed by atoms with Crippen molar-refractivity contribution in [1.82, 2.24) is 9.97 Å². The molecule has 0 saturated heterocycles. The summed E-state index contributed by atoms with van der Waals surface area (Å²) in [7, 11) is 1.84. The number of nitrogens with one attached hydrogen (secondary N) is 2. The van der Waals surface area contributed by atoms with Crippen molar-refractivity contribution in [2.75, 3.05) is 35.7 Å². The Morgan fingerprint density at radius 2 is 2.13 bits per heavy atom. The lowest BCUT2D eigenvalue weighted by Crippen LogP contribution is -2.19. The number of likely N-dealkylation sites (N-methyl/N-ethyl adjacent to an activating group) is 1. The first kappa shape index (κ1) is 17.3. The van der Waals surface area contributed by atoms with E-state index in [9.17, 15) is 9.59 Å². The summed E-state index contributed by atoms with van der Waals surface area (Å²) in [5.41, 5.74) is 0.588. The largest absolute Gasteiger partial charge is 0.395 e. The predicted octanol–water partition coefficient (Wildman–Crippen LogP) is 1.17. The van der Waals surface area contributed by atoms with Crippen LogP contribution in [0.1, 0.15) is 12.6 Å². The van der Waals surface area contributed by atoms with Gasteiger partial charge in [0.25, 0.3) is 0 Å². The number of aromatic nitrogens is 2. The molecule has 2 rings (SSSR count). The molecule has 10 heteroatoms. The molecule has 3 N–H and O–H groups in total. The molecule has 8 nitrogen and oxygen atoms in total. The standard InChI is InChI=1S/C13H17N5O3S2/c1-8(20)15-13-16-9(7-22-13)5-10(21)17-12-14-6-11(23-12)18(2)3-4-19/h6-7,19H,3-5H2,1-2H3,(H,14,17,21)(H,15,16,20). The molecular weight excluding hydrogens is 338 g/mol. The summed E-state index contributed by atoms with van der Waals surface area (Å²) < 4.78 is 0. The summed E-state index contributed by atoms with van der Waals surface area (Å²) in [5, 5.41) is 17.8. The minimum atomic E-state index is -0.226. The number of carbonyl (C=O) groups is 2. The van der Waals surface area contributed by atoms with E-state index in [2.05, 4.69) is 20.6 Å². The number of anilines is 3. The molecule has 23 heavy (non-hydrogen) atoms. The molecule has 0 radical (unpaired) electrons. The first-order valence-corrected chi connectivity index (χ1v) is 8.47. The monoisotopic (exact) mass is 355 g/mol. The van der Waals surface area contributed by atoms with Gasteiger partial charge in [0.05, 0.1) is 24.9 Å². The summed E-state index contributed by atoms with van der Waals surface area (Å²) >= 11 is 2.60. The van der Waals surface area contributed by atoms with Crippen molar-refractivity contribution >= 4 is 49.8 Å². The third-order valence-corrected chi connectivity index (χ3v) is 4.56. The van der Waals surface area contributed by atoms with Gasteiger partial charge in [-0.25, -0.2) is 9.97 Å². The third kappa shape index (κ3) is 5.27. The van der Waals surface area contributed by atoms with Gasteiger partial charge >= 0.3 is 0 Å². The van der Waals surface area contributed by atoms with Gasteiger partial charge in [-0.05, 0) is 0 Å². The van der Waals surface area contributed by atoms with Crippen LogP contribution in [0.2, 0.25) is 0 Å². The zero-order valence-corrected chi connectivity index (χ0v) is 14.3. The highest BCUT2D eigenvalue weighted by Crippen LogP contribution is 2.26. The first-order chi connectivity index (χ1) is 11.0. The predicted molar refractivity (Wildman–Crippen MR) is 91.2 cm³/mol. The molecule has 0 bridgehead atoms.